The Morgan fingerprint density at radius 2 is 2.41 bits per heavy atom. The fraction of sp³-hybridized carbons (Fsp3) is 0.706. The maximum absolute atomic E-state index is 12.4. The maximum Gasteiger partial charge on any atom is 0.221 e. The lowest BCUT2D eigenvalue weighted by Crippen LogP contribution is -2.37. The highest BCUT2D eigenvalue weighted by atomic mass is 32.1. The zero-order chi connectivity index (χ0) is 15.0. The molecule has 2 saturated heterocycles. The molecule has 3 aliphatic rings. The summed E-state index contributed by atoms with van der Waals surface area (Å²) in [6, 6.07) is 4.09. The first-order valence-corrected chi connectivity index (χ1v) is 9.21. The minimum absolute atomic E-state index is 0.0639. The lowest BCUT2D eigenvalue weighted by atomic mass is 9.78. The summed E-state index contributed by atoms with van der Waals surface area (Å²) in [5, 5.41) is 5.13. The summed E-state index contributed by atoms with van der Waals surface area (Å²) < 4.78 is 5.73. The molecule has 0 bridgehead atoms. The van der Waals surface area contributed by atoms with E-state index in [1.807, 2.05) is 11.4 Å². The molecular weight excluding hydrogens is 296 g/mol. The van der Waals surface area contributed by atoms with Gasteiger partial charge in [-0.2, -0.15) is 0 Å². The second-order valence-corrected chi connectivity index (χ2v) is 8.28. The summed E-state index contributed by atoms with van der Waals surface area (Å²) in [6.07, 6.45) is 3.40. The minimum atomic E-state index is 0.0639. The summed E-state index contributed by atoms with van der Waals surface area (Å²) in [6.45, 7) is 5.64. The van der Waals surface area contributed by atoms with E-state index in [0.717, 1.165) is 32.2 Å². The number of thiophene rings is 1. The van der Waals surface area contributed by atoms with Crippen molar-refractivity contribution in [1.29, 1.82) is 0 Å². The molecule has 1 aromatic heterocycles. The van der Waals surface area contributed by atoms with Crippen molar-refractivity contribution in [3.05, 3.63) is 22.4 Å². The van der Waals surface area contributed by atoms with Gasteiger partial charge in [-0.3, -0.25) is 4.79 Å². The molecule has 22 heavy (non-hydrogen) atoms. The SMILES string of the molecule is O=C(C[C@]12COC[C@H]1CN(CC1CC1)C2)NCc1cccs1. The number of ether oxygens (including phenoxy) is 1. The van der Waals surface area contributed by atoms with Gasteiger partial charge in [0.25, 0.3) is 0 Å². The average molecular weight is 320 g/mol. The first-order valence-electron chi connectivity index (χ1n) is 8.33. The number of hydrogen-bond acceptors (Lipinski definition) is 4. The Labute approximate surface area is 135 Å². The normalized spacial score (nSPS) is 31.4. The van der Waals surface area contributed by atoms with Gasteiger partial charge in [0.2, 0.25) is 5.91 Å². The molecule has 4 rings (SSSR count). The van der Waals surface area contributed by atoms with Crippen LogP contribution in [0.1, 0.15) is 24.1 Å². The first-order chi connectivity index (χ1) is 10.7. The van der Waals surface area contributed by atoms with Crippen molar-refractivity contribution in [2.75, 3.05) is 32.8 Å². The van der Waals surface area contributed by atoms with Gasteiger partial charge < -0.3 is 15.0 Å². The molecule has 120 valence electrons. The molecule has 2 aliphatic heterocycles. The Morgan fingerprint density at radius 1 is 1.50 bits per heavy atom. The lowest BCUT2D eigenvalue weighted by molar-refractivity contribution is -0.123. The Morgan fingerprint density at radius 3 is 3.18 bits per heavy atom. The van der Waals surface area contributed by atoms with Crippen LogP contribution < -0.4 is 5.32 Å². The monoisotopic (exact) mass is 320 g/mol. The standard InChI is InChI=1S/C17H24N2O2S/c20-16(18-7-15-2-1-5-22-15)6-17-11-19(8-13-3-4-13)9-14(17)10-21-12-17/h1-2,5,13-14H,3-4,6-12H2,(H,18,20)/t14-,17+/m1/s1. The van der Waals surface area contributed by atoms with Gasteiger partial charge in [-0.05, 0) is 30.2 Å². The fourth-order valence-electron chi connectivity index (χ4n) is 3.98. The fourth-order valence-corrected chi connectivity index (χ4v) is 4.62. The molecule has 0 unspecified atom stereocenters. The molecule has 4 nitrogen and oxygen atoms in total. The van der Waals surface area contributed by atoms with E-state index in [9.17, 15) is 4.79 Å². The molecule has 5 heteroatoms. The van der Waals surface area contributed by atoms with Crippen LogP contribution in [0.5, 0.6) is 0 Å². The van der Waals surface area contributed by atoms with Crippen LogP contribution in [0, 0.1) is 17.3 Å². The molecule has 1 saturated carbocycles. The van der Waals surface area contributed by atoms with Crippen LogP contribution in [0.25, 0.3) is 0 Å². The number of likely N-dealkylation sites (tertiary alicyclic amines) is 1. The summed E-state index contributed by atoms with van der Waals surface area (Å²) >= 11 is 1.69. The topological polar surface area (TPSA) is 41.6 Å². The molecule has 1 aliphatic carbocycles. The van der Waals surface area contributed by atoms with Gasteiger partial charge in [0, 0.05) is 42.3 Å². The van der Waals surface area contributed by atoms with Gasteiger partial charge in [-0.1, -0.05) is 6.07 Å². The zero-order valence-corrected chi connectivity index (χ0v) is 13.7. The summed E-state index contributed by atoms with van der Waals surface area (Å²) in [7, 11) is 0. The van der Waals surface area contributed by atoms with E-state index < -0.39 is 0 Å². The summed E-state index contributed by atoms with van der Waals surface area (Å²) in [4.78, 5) is 16.2. The van der Waals surface area contributed by atoms with Gasteiger partial charge in [0.1, 0.15) is 0 Å². The first kappa shape index (κ1) is 14.7. The van der Waals surface area contributed by atoms with Crippen molar-refractivity contribution in [1.82, 2.24) is 10.2 Å². The molecule has 1 aromatic rings. The molecule has 0 spiro atoms. The predicted molar refractivity (Wildman–Crippen MR) is 86.7 cm³/mol. The largest absolute Gasteiger partial charge is 0.380 e. The number of amides is 1. The highest BCUT2D eigenvalue weighted by Crippen LogP contribution is 2.45. The van der Waals surface area contributed by atoms with Crippen LogP contribution in [-0.2, 0) is 16.1 Å². The Hall–Kier alpha value is -0.910. The van der Waals surface area contributed by atoms with E-state index in [-0.39, 0.29) is 11.3 Å². The second-order valence-electron chi connectivity index (χ2n) is 7.24. The Balaban J connectivity index is 1.34. The van der Waals surface area contributed by atoms with E-state index in [0.29, 0.717) is 18.9 Å². The predicted octanol–water partition coefficient (Wildman–Crippen LogP) is 2.11. The smallest absolute Gasteiger partial charge is 0.221 e. The molecule has 2 atom stereocenters. The zero-order valence-electron chi connectivity index (χ0n) is 12.9. The molecule has 0 radical (unpaired) electrons. The number of hydrogen-bond donors (Lipinski definition) is 1. The van der Waals surface area contributed by atoms with E-state index in [1.54, 1.807) is 11.3 Å². The van der Waals surface area contributed by atoms with Crippen molar-refractivity contribution >= 4 is 17.2 Å². The Kier molecular flexibility index (Phi) is 3.96. The number of fused-ring (bicyclic) bond motifs is 1. The van der Waals surface area contributed by atoms with Gasteiger partial charge in [0.15, 0.2) is 0 Å². The maximum atomic E-state index is 12.4. The van der Waals surface area contributed by atoms with Crippen molar-refractivity contribution in [3.63, 3.8) is 0 Å². The molecule has 1 N–H and O–H groups in total. The van der Waals surface area contributed by atoms with Crippen LogP contribution in [-0.4, -0.2) is 43.7 Å². The Bertz CT molecular complexity index is 529. The van der Waals surface area contributed by atoms with Gasteiger partial charge >= 0.3 is 0 Å². The minimum Gasteiger partial charge on any atom is -0.380 e. The number of nitrogens with one attached hydrogen (secondary N) is 1. The van der Waals surface area contributed by atoms with E-state index >= 15 is 0 Å². The van der Waals surface area contributed by atoms with Crippen LogP contribution >= 0.6 is 11.3 Å². The van der Waals surface area contributed by atoms with Crippen molar-refractivity contribution in [3.8, 4) is 0 Å². The number of nitrogens with zero attached hydrogens (tertiary/aromatic N) is 1. The number of rotatable bonds is 6. The summed E-state index contributed by atoms with van der Waals surface area (Å²) in [5.74, 6) is 1.64. The molecular formula is C17H24N2O2S. The third-order valence-corrected chi connectivity index (χ3v) is 6.23. The number of carbonyl (C=O) groups is 1. The van der Waals surface area contributed by atoms with E-state index in [1.165, 1.54) is 24.3 Å². The van der Waals surface area contributed by atoms with Crippen LogP contribution in [0.15, 0.2) is 17.5 Å². The quantitative estimate of drug-likeness (QED) is 0.873. The molecule has 3 heterocycles. The van der Waals surface area contributed by atoms with E-state index in [2.05, 4.69) is 16.3 Å². The summed E-state index contributed by atoms with van der Waals surface area (Å²) in [5.41, 5.74) is 0.0639. The van der Waals surface area contributed by atoms with Crippen molar-refractivity contribution in [2.45, 2.75) is 25.8 Å². The van der Waals surface area contributed by atoms with Crippen LogP contribution in [0.3, 0.4) is 0 Å². The highest BCUT2D eigenvalue weighted by Gasteiger charge is 2.51. The average Bonchev–Trinajstić information content (AvgIpc) is 2.88. The molecule has 1 amide bonds. The van der Waals surface area contributed by atoms with Crippen molar-refractivity contribution in [2.24, 2.45) is 17.3 Å². The van der Waals surface area contributed by atoms with Crippen LogP contribution in [0.4, 0.5) is 0 Å². The van der Waals surface area contributed by atoms with Crippen LogP contribution in [0.2, 0.25) is 0 Å². The second kappa shape index (κ2) is 5.95. The molecule has 3 fully saturated rings. The third-order valence-electron chi connectivity index (χ3n) is 5.36. The van der Waals surface area contributed by atoms with Gasteiger partial charge in [-0.25, -0.2) is 0 Å². The van der Waals surface area contributed by atoms with E-state index in [4.69, 9.17) is 4.74 Å². The number of carbonyl (C=O) groups excluding carboxylic acids is 1. The third kappa shape index (κ3) is 3.07. The molecule has 0 aromatic carbocycles. The van der Waals surface area contributed by atoms with Crippen molar-refractivity contribution < 1.29 is 9.53 Å². The van der Waals surface area contributed by atoms with Gasteiger partial charge in [0.05, 0.1) is 19.8 Å². The lowest BCUT2D eigenvalue weighted by Gasteiger charge is -2.26. The highest BCUT2D eigenvalue weighted by molar-refractivity contribution is 7.09. The van der Waals surface area contributed by atoms with Gasteiger partial charge in [-0.15, -0.1) is 11.3 Å².